The summed E-state index contributed by atoms with van der Waals surface area (Å²) in [5.41, 5.74) is 3.35. The van der Waals surface area contributed by atoms with Crippen molar-refractivity contribution in [1.29, 1.82) is 0 Å². The monoisotopic (exact) mass is 553 g/mol. The van der Waals surface area contributed by atoms with E-state index in [9.17, 15) is 10.2 Å². The molecule has 2 N–H and O–H groups in total. The number of rotatable bonds is 9. The highest BCUT2D eigenvalue weighted by molar-refractivity contribution is 5.85. The molecule has 1 spiro atoms. The Labute approximate surface area is 239 Å². The van der Waals surface area contributed by atoms with E-state index in [2.05, 4.69) is 47.4 Å². The zero-order chi connectivity index (χ0) is 25.9. The molecular formula is C33H44ClNO4. The van der Waals surface area contributed by atoms with Gasteiger partial charge in [-0.05, 0) is 86.9 Å². The maximum atomic E-state index is 12.1. The van der Waals surface area contributed by atoms with E-state index in [1.807, 2.05) is 0 Å². The fourth-order valence-electron chi connectivity index (χ4n) is 9.09. The third-order valence-electron chi connectivity index (χ3n) is 11.3. The van der Waals surface area contributed by atoms with Crippen molar-refractivity contribution in [2.24, 2.45) is 17.3 Å². The van der Waals surface area contributed by atoms with Crippen LogP contribution in [0.3, 0.4) is 0 Å². The molecule has 2 aromatic rings. The molecule has 6 heteroatoms. The van der Waals surface area contributed by atoms with Crippen LogP contribution in [0.2, 0.25) is 0 Å². The Morgan fingerprint density at radius 3 is 2.64 bits per heavy atom. The molecule has 1 saturated heterocycles. The number of unbranched alkanes of at least 4 members (excludes halogenated alkanes) is 1. The van der Waals surface area contributed by atoms with Crippen LogP contribution in [0.5, 0.6) is 11.5 Å². The minimum absolute atomic E-state index is 0. The summed E-state index contributed by atoms with van der Waals surface area (Å²) in [6.45, 7) is 2.29. The van der Waals surface area contributed by atoms with Crippen molar-refractivity contribution in [3.8, 4) is 11.5 Å². The molecule has 4 unspecified atom stereocenters. The number of benzene rings is 2. The minimum Gasteiger partial charge on any atom is -0.493 e. The van der Waals surface area contributed by atoms with Gasteiger partial charge in [0.15, 0.2) is 11.5 Å². The Balaban J connectivity index is 0.00000277. The smallest absolute Gasteiger partial charge is 0.165 e. The molecule has 5 aliphatic rings. The summed E-state index contributed by atoms with van der Waals surface area (Å²) in [5, 5.41) is 23.1. The second kappa shape index (κ2) is 10.6. The van der Waals surface area contributed by atoms with Crippen LogP contribution in [0.4, 0.5) is 0 Å². The van der Waals surface area contributed by atoms with Crippen LogP contribution in [-0.4, -0.2) is 60.2 Å². The summed E-state index contributed by atoms with van der Waals surface area (Å²) in [4.78, 5) is 2.79. The van der Waals surface area contributed by atoms with E-state index in [4.69, 9.17) is 9.47 Å². The molecular weight excluding hydrogens is 510 g/mol. The molecule has 2 bridgehead atoms. The number of nitrogens with zero attached hydrogens (tertiary/aromatic N) is 1. The van der Waals surface area contributed by atoms with Gasteiger partial charge >= 0.3 is 0 Å². The van der Waals surface area contributed by atoms with Crippen molar-refractivity contribution in [1.82, 2.24) is 4.90 Å². The predicted molar refractivity (Wildman–Crippen MR) is 155 cm³/mol. The number of aliphatic hydroxyl groups excluding tert-OH is 2. The molecule has 6 atom stereocenters. The number of likely N-dealkylation sites (tertiary alicyclic amines) is 1. The molecule has 2 heterocycles. The second-order valence-electron chi connectivity index (χ2n) is 13.0. The minimum atomic E-state index is -0.692. The topological polar surface area (TPSA) is 62.2 Å². The number of methoxy groups -OCH3 is 1. The molecule has 2 aromatic carbocycles. The first kappa shape index (κ1) is 27.4. The van der Waals surface area contributed by atoms with Crippen LogP contribution in [-0.2, 0) is 18.3 Å². The summed E-state index contributed by atoms with van der Waals surface area (Å²) >= 11 is 0. The Morgan fingerprint density at radius 1 is 1.10 bits per heavy atom. The number of halogens is 1. The molecule has 3 fully saturated rings. The van der Waals surface area contributed by atoms with Crippen molar-refractivity contribution in [3.63, 3.8) is 0 Å². The highest BCUT2D eigenvalue weighted by Gasteiger charge is 2.70. The molecule has 2 aliphatic heterocycles. The van der Waals surface area contributed by atoms with Crippen LogP contribution in [0.1, 0.15) is 68.1 Å². The summed E-state index contributed by atoms with van der Waals surface area (Å²) in [6, 6.07) is 15.4. The quantitative estimate of drug-likeness (QED) is 0.412. The number of hydrogen-bond donors (Lipinski definition) is 2. The number of hydrogen-bond acceptors (Lipinski definition) is 5. The molecule has 39 heavy (non-hydrogen) atoms. The molecule has 2 saturated carbocycles. The highest BCUT2D eigenvalue weighted by atomic mass is 35.5. The zero-order valence-electron chi connectivity index (χ0n) is 23.2. The molecule has 5 nitrogen and oxygen atoms in total. The van der Waals surface area contributed by atoms with Crippen LogP contribution >= 0.6 is 12.4 Å². The van der Waals surface area contributed by atoms with Crippen molar-refractivity contribution >= 4 is 12.4 Å². The van der Waals surface area contributed by atoms with Gasteiger partial charge in [0.1, 0.15) is 6.10 Å². The summed E-state index contributed by atoms with van der Waals surface area (Å²) in [7, 11) is 1.72. The van der Waals surface area contributed by atoms with Gasteiger partial charge in [-0.1, -0.05) is 49.2 Å². The van der Waals surface area contributed by atoms with Crippen molar-refractivity contribution in [2.45, 2.75) is 87.9 Å². The molecule has 212 valence electrons. The van der Waals surface area contributed by atoms with Crippen molar-refractivity contribution in [2.75, 3.05) is 26.8 Å². The molecule has 0 radical (unpaired) electrons. The predicted octanol–water partition coefficient (Wildman–Crippen LogP) is 5.32. The number of ether oxygens (including phenoxy) is 2. The summed E-state index contributed by atoms with van der Waals surface area (Å²) in [5.74, 6) is 2.86. The molecule has 0 amide bonds. The van der Waals surface area contributed by atoms with E-state index in [-0.39, 0.29) is 30.5 Å². The van der Waals surface area contributed by atoms with E-state index in [1.54, 1.807) is 7.11 Å². The van der Waals surface area contributed by atoms with Crippen LogP contribution < -0.4 is 9.47 Å². The lowest BCUT2D eigenvalue weighted by Gasteiger charge is -2.63. The molecule has 0 aromatic heterocycles. The van der Waals surface area contributed by atoms with Crippen molar-refractivity contribution < 1.29 is 19.7 Å². The van der Waals surface area contributed by atoms with Crippen LogP contribution in [0.15, 0.2) is 42.5 Å². The third kappa shape index (κ3) is 4.14. The lowest BCUT2D eigenvalue weighted by Crippen LogP contribution is -2.71. The Kier molecular flexibility index (Phi) is 7.41. The maximum Gasteiger partial charge on any atom is 0.165 e. The van der Waals surface area contributed by atoms with E-state index in [0.29, 0.717) is 12.0 Å². The van der Waals surface area contributed by atoms with Gasteiger partial charge in [-0.25, -0.2) is 0 Å². The average Bonchev–Trinajstić information content (AvgIpc) is 3.27. The lowest BCUT2D eigenvalue weighted by atomic mass is 9.46. The van der Waals surface area contributed by atoms with Crippen LogP contribution in [0.25, 0.3) is 0 Å². The Bertz CT molecular complexity index is 1170. The van der Waals surface area contributed by atoms with Gasteiger partial charge in [-0.3, -0.25) is 4.90 Å². The lowest BCUT2D eigenvalue weighted by molar-refractivity contribution is -0.182. The number of piperidine rings is 1. The first-order valence-corrected chi connectivity index (χ1v) is 15.0. The molecule has 3 aliphatic carbocycles. The zero-order valence-corrected chi connectivity index (χ0v) is 24.0. The normalized spacial score (nSPS) is 34.4. The van der Waals surface area contributed by atoms with Crippen LogP contribution in [0, 0.1) is 17.3 Å². The van der Waals surface area contributed by atoms with E-state index >= 15 is 0 Å². The first-order chi connectivity index (χ1) is 18.6. The number of aliphatic hydroxyl groups is 2. The second-order valence-corrected chi connectivity index (χ2v) is 13.0. The summed E-state index contributed by atoms with van der Waals surface area (Å²) in [6.07, 6.45) is 9.95. The van der Waals surface area contributed by atoms with E-state index < -0.39 is 11.5 Å². The van der Waals surface area contributed by atoms with Gasteiger partial charge < -0.3 is 19.7 Å². The average molecular weight is 554 g/mol. The van der Waals surface area contributed by atoms with Gasteiger partial charge in [0.05, 0.1) is 19.8 Å². The highest BCUT2D eigenvalue weighted by Crippen LogP contribution is 2.67. The standard InChI is InChI=1S/C33H43NO4.ClH/c1-37-27-14-13-24-18-26-25-19-32(21-35,15-6-5-10-22-8-3-2-4-9-22)30(36)31-33(25,28(24)29(27)38-31)16-17-34(26)20-23-11-7-12-23;/h2-4,8-9,13-14,23,25-26,30-31,35-36H,5-7,10-12,15-21H2,1H3;1H/t25?,26?,30-,31?,32+,33?;/m0./s1. The van der Waals surface area contributed by atoms with E-state index in [1.165, 1.54) is 42.5 Å². The third-order valence-corrected chi connectivity index (χ3v) is 11.3. The first-order valence-electron chi connectivity index (χ1n) is 15.0. The summed E-state index contributed by atoms with van der Waals surface area (Å²) < 4.78 is 12.6. The number of aryl methyl sites for hydroxylation is 1. The van der Waals surface area contributed by atoms with E-state index in [0.717, 1.165) is 68.9 Å². The van der Waals surface area contributed by atoms with Gasteiger partial charge in [-0.15, -0.1) is 12.4 Å². The maximum absolute atomic E-state index is 12.1. The molecule has 7 rings (SSSR count). The van der Waals surface area contributed by atoms with Gasteiger partial charge in [0.25, 0.3) is 0 Å². The SMILES string of the molecule is COc1ccc2c3c1OC1[C@H](O)[C@](CO)(CCCCc4ccccc4)CC4C(C2)N(CC2CCC2)CCC341.Cl. The van der Waals surface area contributed by atoms with Gasteiger partial charge in [-0.2, -0.15) is 0 Å². The van der Waals surface area contributed by atoms with Crippen molar-refractivity contribution in [3.05, 3.63) is 59.2 Å². The Hall–Kier alpha value is -1.79. The largest absolute Gasteiger partial charge is 0.493 e. The Morgan fingerprint density at radius 2 is 1.92 bits per heavy atom. The van der Waals surface area contributed by atoms with Gasteiger partial charge in [0, 0.05) is 29.0 Å². The fraction of sp³-hybridized carbons (Fsp3) is 0.636. The fourth-order valence-corrected chi connectivity index (χ4v) is 9.09. The van der Waals surface area contributed by atoms with Gasteiger partial charge in [0.2, 0.25) is 0 Å².